The third-order valence-electron chi connectivity index (χ3n) is 2.45. The maximum absolute atomic E-state index is 5.87. The van der Waals surface area contributed by atoms with Crippen LogP contribution in [0, 0.1) is 0 Å². The van der Waals surface area contributed by atoms with E-state index in [2.05, 4.69) is 42.9 Å². The summed E-state index contributed by atoms with van der Waals surface area (Å²) in [5, 5.41) is 0. The smallest absolute Gasteiger partial charge is 0.128 e. The molecule has 84 valence electrons. The Bertz CT molecular complexity index is 312. The molecule has 0 unspecified atom stereocenters. The Balaban J connectivity index is 2.99. The molecule has 0 bridgehead atoms. The van der Waals surface area contributed by atoms with E-state index in [1.54, 1.807) is 0 Å². The number of hydrogen-bond acceptors (Lipinski definition) is 2. The van der Waals surface area contributed by atoms with E-state index in [0.717, 1.165) is 36.5 Å². The highest BCUT2D eigenvalue weighted by Crippen LogP contribution is 2.16. The van der Waals surface area contributed by atoms with Gasteiger partial charge in [0.05, 0.1) is 0 Å². The van der Waals surface area contributed by atoms with Gasteiger partial charge < -0.3 is 4.90 Å². The van der Waals surface area contributed by atoms with Crippen molar-refractivity contribution in [2.45, 2.75) is 32.6 Å². The molecule has 1 aromatic rings. The fourth-order valence-electron chi connectivity index (χ4n) is 1.45. The third kappa shape index (κ3) is 3.38. The normalized spacial score (nSPS) is 10.4. The average molecular weight is 227 g/mol. The van der Waals surface area contributed by atoms with Crippen LogP contribution in [0.3, 0.4) is 0 Å². The molecule has 0 saturated heterocycles. The lowest BCUT2D eigenvalue weighted by Crippen LogP contribution is -2.18. The topological polar surface area (TPSA) is 16.1 Å². The number of aromatic nitrogens is 1. The van der Waals surface area contributed by atoms with Crippen molar-refractivity contribution in [1.29, 1.82) is 0 Å². The highest BCUT2D eigenvalue weighted by atomic mass is 35.5. The number of rotatable bonds is 5. The third-order valence-corrected chi connectivity index (χ3v) is 2.76. The molecule has 0 N–H and O–H groups in total. The molecule has 2 nitrogen and oxygen atoms in total. The molecule has 0 aliphatic rings. The summed E-state index contributed by atoms with van der Waals surface area (Å²) < 4.78 is 0. The number of alkyl halides is 1. The molecule has 3 heteroatoms. The van der Waals surface area contributed by atoms with Crippen molar-refractivity contribution in [3.63, 3.8) is 0 Å². The monoisotopic (exact) mass is 226 g/mol. The highest BCUT2D eigenvalue weighted by Gasteiger charge is 2.04. The van der Waals surface area contributed by atoms with Gasteiger partial charge in [-0.05, 0) is 31.0 Å². The number of aryl methyl sites for hydroxylation is 1. The first kappa shape index (κ1) is 12.3. The summed E-state index contributed by atoms with van der Waals surface area (Å²) in [6, 6.07) is 4.17. The Hall–Kier alpha value is -0.760. The molecule has 0 aliphatic carbocycles. The number of nitrogens with zero attached hydrogens (tertiary/aromatic N) is 2. The molecular weight excluding hydrogens is 208 g/mol. The molecule has 0 aromatic carbocycles. The zero-order valence-electron chi connectivity index (χ0n) is 9.76. The maximum atomic E-state index is 5.87. The van der Waals surface area contributed by atoms with Crippen LogP contribution in [-0.4, -0.2) is 18.6 Å². The summed E-state index contributed by atoms with van der Waals surface area (Å²) in [7, 11) is 2.05. The number of pyridine rings is 1. The van der Waals surface area contributed by atoms with Crippen molar-refractivity contribution in [3.05, 3.63) is 23.4 Å². The molecule has 15 heavy (non-hydrogen) atoms. The summed E-state index contributed by atoms with van der Waals surface area (Å²) in [4.78, 5) is 6.74. The maximum Gasteiger partial charge on any atom is 0.128 e. The first-order valence-electron chi connectivity index (χ1n) is 5.48. The van der Waals surface area contributed by atoms with Crippen molar-refractivity contribution in [2.75, 3.05) is 18.5 Å². The van der Waals surface area contributed by atoms with E-state index in [4.69, 9.17) is 11.6 Å². The van der Waals surface area contributed by atoms with E-state index < -0.39 is 0 Å². The fraction of sp³-hybridized carbons (Fsp3) is 0.583. The van der Waals surface area contributed by atoms with Crippen LogP contribution < -0.4 is 4.90 Å². The average Bonchev–Trinajstić information content (AvgIpc) is 2.28. The Morgan fingerprint density at radius 2 is 2.07 bits per heavy atom. The standard InChI is InChI=1S/C12H19ClN2/c1-4-6-11-7-10(9-13)8-12(14-11)15(3)5-2/h7-8H,4-6,9H2,1-3H3. The first-order valence-corrected chi connectivity index (χ1v) is 6.01. The summed E-state index contributed by atoms with van der Waals surface area (Å²) in [5.41, 5.74) is 2.30. The second-order valence-corrected chi connectivity index (χ2v) is 3.99. The minimum absolute atomic E-state index is 0.559. The minimum Gasteiger partial charge on any atom is -0.360 e. The zero-order valence-corrected chi connectivity index (χ0v) is 10.5. The fourth-order valence-corrected chi connectivity index (χ4v) is 1.61. The summed E-state index contributed by atoms with van der Waals surface area (Å²) in [6.45, 7) is 5.25. The van der Waals surface area contributed by atoms with Gasteiger partial charge in [-0.2, -0.15) is 0 Å². The van der Waals surface area contributed by atoms with Gasteiger partial charge in [0.15, 0.2) is 0 Å². The van der Waals surface area contributed by atoms with Gasteiger partial charge in [0, 0.05) is 25.2 Å². The molecule has 0 spiro atoms. The van der Waals surface area contributed by atoms with Crippen LogP contribution in [0.15, 0.2) is 12.1 Å². The second-order valence-electron chi connectivity index (χ2n) is 3.72. The SMILES string of the molecule is CCCc1cc(CCl)cc(N(C)CC)n1. The Morgan fingerprint density at radius 3 is 2.60 bits per heavy atom. The van der Waals surface area contributed by atoms with Crippen molar-refractivity contribution in [2.24, 2.45) is 0 Å². The van der Waals surface area contributed by atoms with Crippen molar-refractivity contribution in [1.82, 2.24) is 4.98 Å². The van der Waals surface area contributed by atoms with Crippen LogP contribution in [0.4, 0.5) is 5.82 Å². The van der Waals surface area contributed by atoms with Crippen LogP contribution in [0.5, 0.6) is 0 Å². The van der Waals surface area contributed by atoms with Crippen LogP contribution in [0.25, 0.3) is 0 Å². The van der Waals surface area contributed by atoms with Gasteiger partial charge in [-0.25, -0.2) is 4.98 Å². The Labute approximate surface area is 97.3 Å². The molecule has 0 radical (unpaired) electrons. The van der Waals surface area contributed by atoms with E-state index in [0.29, 0.717) is 5.88 Å². The van der Waals surface area contributed by atoms with Gasteiger partial charge in [0.1, 0.15) is 5.82 Å². The lowest BCUT2D eigenvalue weighted by molar-refractivity contribution is 0.858. The van der Waals surface area contributed by atoms with E-state index >= 15 is 0 Å². The quantitative estimate of drug-likeness (QED) is 0.717. The Kier molecular flexibility index (Phi) is 4.89. The molecule has 0 amide bonds. The van der Waals surface area contributed by atoms with Gasteiger partial charge >= 0.3 is 0 Å². The number of halogens is 1. The first-order chi connectivity index (χ1) is 7.21. The lowest BCUT2D eigenvalue weighted by atomic mass is 10.2. The lowest BCUT2D eigenvalue weighted by Gasteiger charge is -2.17. The molecule has 1 aromatic heterocycles. The largest absolute Gasteiger partial charge is 0.360 e. The molecule has 0 saturated carbocycles. The van der Waals surface area contributed by atoms with Crippen molar-refractivity contribution < 1.29 is 0 Å². The number of hydrogen-bond donors (Lipinski definition) is 0. The van der Waals surface area contributed by atoms with E-state index in [9.17, 15) is 0 Å². The van der Waals surface area contributed by atoms with Crippen LogP contribution >= 0.6 is 11.6 Å². The van der Waals surface area contributed by atoms with Gasteiger partial charge in [-0.15, -0.1) is 11.6 Å². The molecular formula is C12H19ClN2. The van der Waals surface area contributed by atoms with E-state index in [1.165, 1.54) is 0 Å². The van der Waals surface area contributed by atoms with Crippen LogP contribution in [-0.2, 0) is 12.3 Å². The summed E-state index contributed by atoms with van der Waals surface area (Å²) in [5.74, 6) is 1.59. The van der Waals surface area contributed by atoms with Crippen LogP contribution in [0.1, 0.15) is 31.5 Å². The molecule has 0 fully saturated rings. The number of anilines is 1. The highest BCUT2D eigenvalue weighted by molar-refractivity contribution is 6.17. The second kappa shape index (κ2) is 5.96. The van der Waals surface area contributed by atoms with Crippen molar-refractivity contribution >= 4 is 17.4 Å². The van der Waals surface area contributed by atoms with E-state index in [-0.39, 0.29) is 0 Å². The summed E-state index contributed by atoms with van der Waals surface area (Å²) in [6.07, 6.45) is 2.14. The Morgan fingerprint density at radius 1 is 1.33 bits per heavy atom. The molecule has 1 heterocycles. The van der Waals surface area contributed by atoms with E-state index in [1.807, 2.05) is 0 Å². The zero-order chi connectivity index (χ0) is 11.3. The van der Waals surface area contributed by atoms with Gasteiger partial charge in [-0.3, -0.25) is 0 Å². The molecule has 1 rings (SSSR count). The van der Waals surface area contributed by atoms with Crippen LogP contribution in [0.2, 0.25) is 0 Å². The van der Waals surface area contributed by atoms with Gasteiger partial charge in [-0.1, -0.05) is 13.3 Å². The van der Waals surface area contributed by atoms with Crippen molar-refractivity contribution in [3.8, 4) is 0 Å². The predicted octanol–water partition coefficient (Wildman–Crippen LogP) is 3.23. The predicted molar refractivity (Wildman–Crippen MR) is 66.7 cm³/mol. The van der Waals surface area contributed by atoms with Gasteiger partial charge in [0.25, 0.3) is 0 Å². The molecule has 0 atom stereocenters. The summed E-state index contributed by atoms with van der Waals surface area (Å²) >= 11 is 5.87. The minimum atomic E-state index is 0.559. The van der Waals surface area contributed by atoms with Gasteiger partial charge in [0.2, 0.25) is 0 Å². The molecule has 0 aliphatic heterocycles.